The van der Waals surface area contributed by atoms with Crippen LogP contribution in [0.5, 0.6) is 0 Å². The quantitative estimate of drug-likeness (QED) is 0.836. The van der Waals surface area contributed by atoms with Gasteiger partial charge in [-0.25, -0.2) is 0 Å². The highest BCUT2D eigenvalue weighted by atomic mass is 16.2. The molecule has 3 heterocycles. The van der Waals surface area contributed by atoms with Crippen molar-refractivity contribution in [1.29, 1.82) is 5.26 Å². The second kappa shape index (κ2) is 4.77. The van der Waals surface area contributed by atoms with E-state index in [0.717, 1.165) is 17.7 Å². The smallest absolute Gasteiger partial charge is 0.270 e. The van der Waals surface area contributed by atoms with Gasteiger partial charge in [0.2, 0.25) is 0 Å². The van der Waals surface area contributed by atoms with Crippen LogP contribution < -0.4 is 0 Å². The van der Waals surface area contributed by atoms with Crippen molar-refractivity contribution in [1.82, 2.24) is 20.1 Å². The summed E-state index contributed by atoms with van der Waals surface area (Å²) in [6.07, 6.45) is 2.65. The van der Waals surface area contributed by atoms with Gasteiger partial charge in [-0.05, 0) is 24.0 Å². The summed E-state index contributed by atoms with van der Waals surface area (Å²) in [6.45, 7) is 5.47. The molecule has 0 fully saturated rings. The minimum Gasteiger partial charge on any atom is -0.342 e. The summed E-state index contributed by atoms with van der Waals surface area (Å²) in [6, 6.07) is 5.29. The molecular formula is C15H17N5O. The topological polar surface area (TPSA) is 88.6 Å². The maximum atomic E-state index is 12.7. The van der Waals surface area contributed by atoms with Crippen molar-refractivity contribution in [3.05, 3.63) is 41.0 Å². The maximum Gasteiger partial charge on any atom is 0.270 e. The predicted molar refractivity (Wildman–Crippen MR) is 76.3 cm³/mol. The average Bonchev–Trinajstić information content (AvgIpc) is 3.04. The Bertz CT molecular complexity index is 718. The molecule has 0 aliphatic carbocycles. The third-order valence-corrected chi connectivity index (χ3v) is 3.77. The number of hydrogen-bond donors (Lipinski definition) is 2. The number of fused-ring (bicyclic) bond motifs is 1. The van der Waals surface area contributed by atoms with Crippen molar-refractivity contribution in [3.63, 3.8) is 0 Å². The monoisotopic (exact) mass is 283 g/mol. The van der Waals surface area contributed by atoms with E-state index in [-0.39, 0.29) is 11.3 Å². The van der Waals surface area contributed by atoms with Gasteiger partial charge in [0.15, 0.2) is 0 Å². The second-order valence-electron chi connectivity index (χ2n) is 6.27. The number of rotatable bonds is 1. The van der Waals surface area contributed by atoms with Gasteiger partial charge in [-0.15, -0.1) is 0 Å². The number of hydrogen-bond acceptors (Lipinski definition) is 3. The minimum atomic E-state index is -0.0846. The Morgan fingerprint density at radius 3 is 3.00 bits per heavy atom. The van der Waals surface area contributed by atoms with Crippen molar-refractivity contribution >= 4 is 5.91 Å². The van der Waals surface area contributed by atoms with Gasteiger partial charge in [-0.2, -0.15) is 10.4 Å². The molecule has 6 heteroatoms. The molecule has 21 heavy (non-hydrogen) atoms. The zero-order valence-electron chi connectivity index (χ0n) is 12.1. The molecule has 0 spiro atoms. The highest BCUT2D eigenvalue weighted by Crippen LogP contribution is 2.29. The number of aromatic amines is 2. The largest absolute Gasteiger partial charge is 0.342 e. The number of amides is 1. The van der Waals surface area contributed by atoms with E-state index in [4.69, 9.17) is 5.26 Å². The van der Waals surface area contributed by atoms with Crippen LogP contribution in [-0.4, -0.2) is 32.5 Å². The van der Waals surface area contributed by atoms with Gasteiger partial charge < -0.3 is 9.88 Å². The number of nitrogens with zero attached hydrogens (tertiary/aromatic N) is 3. The fourth-order valence-corrected chi connectivity index (χ4v) is 2.84. The Kier molecular flexibility index (Phi) is 3.05. The molecule has 6 nitrogen and oxygen atoms in total. The number of H-pyrrole nitrogens is 2. The summed E-state index contributed by atoms with van der Waals surface area (Å²) in [7, 11) is 0. The SMILES string of the molecule is CC1(C)Cc2[nH]ncc2CN(C(=O)c2ccc(C#N)[nH]2)C1. The summed E-state index contributed by atoms with van der Waals surface area (Å²) in [4.78, 5) is 17.3. The van der Waals surface area contributed by atoms with E-state index >= 15 is 0 Å². The lowest BCUT2D eigenvalue weighted by Crippen LogP contribution is -2.37. The van der Waals surface area contributed by atoms with E-state index in [1.165, 1.54) is 0 Å². The molecule has 2 aromatic heterocycles. The van der Waals surface area contributed by atoms with Gasteiger partial charge in [0, 0.05) is 24.3 Å². The van der Waals surface area contributed by atoms with Gasteiger partial charge in [0.1, 0.15) is 17.5 Å². The molecule has 108 valence electrons. The van der Waals surface area contributed by atoms with Crippen LogP contribution in [0.2, 0.25) is 0 Å². The van der Waals surface area contributed by atoms with Crippen LogP contribution in [0.25, 0.3) is 0 Å². The standard InChI is InChI=1S/C15H17N5O/c1-15(2)5-13-10(7-17-19-13)8-20(9-15)14(21)12-4-3-11(6-16)18-12/h3-4,7,18H,5,8-9H2,1-2H3,(H,17,19). The lowest BCUT2D eigenvalue weighted by molar-refractivity contribution is 0.0675. The van der Waals surface area contributed by atoms with E-state index in [2.05, 4.69) is 29.0 Å². The van der Waals surface area contributed by atoms with Crippen LogP contribution in [0.15, 0.2) is 18.3 Å². The summed E-state index contributed by atoms with van der Waals surface area (Å²) < 4.78 is 0. The van der Waals surface area contributed by atoms with Gasteiger partial charge in [-0.3, -0.25) is 9.89 Å². The minimum absolute atomic E-state index is 0.0297. The zero-order valence-corrected chi connectivity index (χ0v) is 12.1. The van der Waals surface area contributed by atoms with E-state index in [0.29, 0.717) is 24.5 Å². The number of nitriles is 1. The molecular weight excluding hydrogens is 266 g/mol. The fraction of sp³-hybridized carbons (Fsp3) is 0.400. The molecule has 1 aliphatic heterocycles. The third kappa shape index (κ3) is 2.55. The first kappa shape index (κ1) is 13.4. The predicted octanol–water partition coefficient (Wildman–Crippen LogP) is 1.83. The lowest BCUT2D eigenvalue weighted by atomic mass is 9.88. The number of carbonyl (C=O) groups is 1. The summed E-state index contributed by atoms with van der Waals surface area (Å²) in [5.41, 5.74) is 2.98. The normalized spacial score (nSPS) is 16.9. The van der Waals surface area contributed by atoms with E-state index < -0.39 is 0 Å². The summed E-state index contributed by atoms with van der Waals surface area (Å²) >= 11 is 0. The van der Waals surface area contributed by atoms with Gasteiger partial charge >= 0.3 is 0 Å². The van der Waals surface area contributed by atoms with Gasteiger partial charge in [0.05, 0.1) is 6.20 Å². The van der Waals surface area contributed by atoms with Crippen molar-refractivity contribution in [2.75, 3.05) is 6.54 Å². The van der Waals surface area contributed by atoms with E-state index in [1.807, 2.05) is 11.0 Å². The first-order valence-corrected chi connectivity index (χ1v) is 6.88. The van der Waals surface area contributed by atoms with Crippen LogP contribution in [0.3, 0.4) is 0 Å². The first-order chi connectivity index (χ1) is 9.98. The molecule has 0 saturated heterocycles. The Morgan fingerprint density at radius 1 is 1.48 bits per heavy atom. The molecule has 0 unspecified atom stereocenters. The molecule has 0 radical (unpaired) electrons. The van der Waals surface area contributed by atoms with Crippen LogP contribution in [0, 0.1) is 16.7 Å². The molecule has 3 rings (SSSR count). The van der Waals surface area contributed by atoms with Crippen LogP contribution in [-0.2, 0) is 13.0 Å². The van der Waals surface area contributed by atoms with Crippen LogP contribution >= 0.6 is 0 Å². The number of nitrogens with one attached hydrogen (secondary N) is 2. The lowest BCUT2D eigenvalue weighted by Gasteiger charge is -2.29. The average molecular weight is 283 g/mol. The fourth-order valence-electron chi connectivity index (χ4n) is 2.84. The number of carbonyl (C=O) groups excluding carboxylic acids is 1. The molecule has 0 atom stereocenters. The third-order valence-electron chi connectivity index (χ3n) is 3.77. The molecule has 1 amide bonds. The van der Waals surface area contributed by atoms with Gasteiger partial charge in [-0.1, -0.05) is 13.8 Å². The Morgan fingerprint density at radius 2 is 2.29 bits per heavy atom. The van der Waals surface area contributed by atoms with E-state index in [9.17, 15) is 4.79 Å². The van der Waals surface area contributed by atoms with Gasteiger partial charge in [0.25, 0.3) is 5.91 Å². The maximum absolute atomic E-state index is 12.7. The second-order valence-corrected chi connectivity index (χ2v) is 6.27. The zero-order chi connectivity index (χ0) is 15.0. The van der Waals surface area contributed by atoms with Crippen LogP contribution in [0.1, 0.15) is 41.3 Å². The highest BCUT2D eigenvalue weighted by Gasteiger charge is 2.31. The Balaban J connectivity index is 1.91. The molecule has 2 aromatic rings. The Labute approximate surface area is 122 Å². The van der Waals surface area contributed by atoms with E-state index in [1.54, 1.807) is 18.3 Å². The van der Waals surface area contributed by atoms with Crippen molar-refractivity contribution in [2.24, 2.45) is 5.41 Å². The Hall–Kier alpha value is -2.55. The highest BCUT2D eigenvalue weighted by molar-refractivity contribution is 5.92. The van der Waals surface area contributed by atoms with Crippen molar-refractivity contribution < 1.29 is 4.79 Å². The summed E-state index contributed by atoms with van der Waals surface area (Å²) in [5.74, 6) is -0.0846. The molecule has 0 aromatic carbocycles. The number of aromatic nitrogens is 3. The van der Waals surface area contributed by atoms with Crippen molar-refractivity contribution in [3.8, 4) is 6.07 Å². The molecule has 0 bridgehead atoms. The van der Waals surface area contributed by atoms with Crippen molar-refractivity contribution in [2.45, 2.75) is 26.8 Å². The first-order valence-electron chi connectivity index (χ1n) is 6.88. The van der Waals surface area contributed by atoms with Crippen LogP contribution in [0.4, 0.5) is 0 Å². The molecule has 2 N–H and O–H groups in total. The summed E-state index contributed by atoms with van der Waals surface area (Å²) in [5, 5.41) is 16.0. The molecule has 0 saturated carbocycles. The molecule has 1 aliphatic rings.